The van der Waals surface area contributed by atoms with Crippen LogP contribution in [0.15, 0.2) is 210 Å². The number of hydrogen-bond acceptors (Lipinski definition) is 7. The Bertz CT molecular complexity index is 3630. The fourth-order valence-electron chi connectivity index (χ4n) is 9.00. The number of benzene rings is 8. The van der Waals surface area contributed by atoms with Crippen LogP contribution in [0.3, 0.4) is 0 Å². The van der Waals surface area contributed by atoms with Crippen molar-refractivity contribution in [2.24, 2.45) is 15.9 Å². The maximum absolute atomic E-state index is 5.42. The van der Waals surface area contributed by atoms with Crippen LogP contribution in [0.2, 0.25) is 0 Å². The highest BCUT2D eigenvalue weighted by atomic mass is 32.1. The molecule has 7 heteroatoms. The molecule has 4 heterocycles. The standard InChI is InChI=1S/C58H39N5S2/c1-36-28-31-47(59-55(38-18-8-3-9-19-38)60-54(36)37-16-6-2-7-17-37)43-24-14-26-50-52(43)45-34-41(29-32-48(45)64-50)42-30-33-49-46(35-42)53-44(25-15-27-51(53)65-49)58-62-56(39-20-10-4-11-21-39)61-57(63-58)40-22-12-5-13-23-40/h2-27,29-36H,28H2,1H3/b47-31+,59-55?,60-54?. The number of amidine groups is 1. The Kier molecular flexibility index (Phi) is 9.85. The molecule has 65 heavy (non-hydrogen) atoms. The van der Waals surface area contributed by atoms with E-state index in [1.165, 1.54) is 35.0 Å². The first-order chi connectivity index (χ1) is 32.1. The Hall–Kier alpha value is -7.71. The van der Waals surface area contributed by atoms with Crippen LogP contribution in [-0.4, -0.2) is 26.5 Å². The lowest BCUT2D eigenvalue weighted by atomic mass is 9.93. The highest BCUT2D eigenvalue weighted by Crippen LogP contribution is 2.44. The van der Waals surface area contributed by atoms with Gasteiger partial charge in [0, 0.05) is 74.1 Å². The molecule has 0 saturated heterocycles. The summed E-state index contributed by atoms with van der Waals surface area (Å²) in [5.74, 6) is 2.87. The molecule has 0 saturated carbocycles. The Balaban J connectivity index is 0.994. The van der Waals surface area contributed by atoms with E-state index in [4.69, 9.17) is 24.9 Å². The van der Waals surface area contributed by atoms with Crippen LogP contribution in [0.1, 0.15) is 30.0 Å². The van der Waals surface area contributed by atoms with Crippen molar-refractivity contribution in [2.45, 2.75) is 13.3 Å². The normalized spacial score (nSPS) is 15.1. The topological polar surface area (TPSA) is 63.4 Å². The molecule has 0 aliphatic carbocycles. The van der Waals surface area contributed by atoms with Crippen LogP contribution in [0.4, 0.5) is 0 Å². The first kappa shape index (κ1) is 38.9. The maximum atomic E-state index is 5.42. The maximum Gasteiger partial charge on any atom is 0.164 e. The van der Waals surface area contributed by atoms with Crippen molar-refractivity contribution in [2.75, 3.05) is 0 Å². The van der Waals surface area contributed by atoms with Gasteiger partial charge < -0.3 is 0 Å². The fourth-order valence-corrected chi connectivity index (χ4v) is 11.2. The first-order valence-electron chi connectivity index (χ1n) is 21.9. The van der Waals surface area contributed by atoms with Gasteiger partial charge in [-0.1, -0.05) is 171 Å². The quantitative estimate of drug-likeness (QED) is 0.160. The summed E-state index contributed by atoms with van der Waals surface area (Å²) in [4.78, 5) is 26.0. The minimum atomic E-state index is 0.192. The summed E-state index contributed by atoms with van der Waals surface area (Å²) in [6.07, 6.45) is 3.14. The summed E-state index contributed by atoms with van der Waals surface area (Å²) in [6, 6.07) is 68.1. The second-order valence-electron chi connectivity index (χ2n) is 16.4. The summed E-state index contributed by atoms with van der Waals surface area (Å²) >= 11 is 3.63. The number of fused-ring (bicyclic) bond motifs is 6. The van der Waals surface area contributed by atoms with Crippen molar-refractivity contribution < 1.29 is 0 Å². The predicted molar refractivity (Wildman–Crippen MR) is 275 cm³/mol. The average molecular weight is 870 g/mol. The highest BCUT2D eigenvalue weighted by Gasteiger charge is 2.22. The monoisotopic (exact) mass is 869 g/mol. The molecule has 1 aliphatic heterocycles. The van der Waals surface area contributed by atoms with Crippen LogP contribution >= 0.6 is 22.7 Å². The molecule has 12 rings (SSSR count). The molecule has 0 N–H and O–H groups in total. The molecule has 5 nitrogen and oxygen atoms in total. The summed E-state index contributed by atoms with van der Waals surface area (Å²) in [7, 11) is 0. The third-order valence-electron chi connectivity index (χ3n) is 12.2. The van der Waals surface area contributed by atoms with Crippen molar-refractivity contribution >= 4 is 80.3 Å². The molecule has 0 fully saturated rings. The smallest absolute Gasteiger partial charge is 0.164 e. The van der Waals surface area contributed by atoms with E-state index in [-0.39, 0.29) is 5.92 Å². The van der Waals surface area contributed by atoms with Gasteiger partial charge in [0.1, 0.15) is 0 Å². The molecule has 8 aromatic carbocycles. The van der Waals surface area contributed by atoms with Crippen LogP contribution in [0, 0.1) is 5.92 Å². The molecule has 11 aromatic rings. The number of nitrogens with zero attached hydrogens (tertiary/aromatic N) is 5. The Labute approximate surface area is 384 Å². The molecule has 0 bridgehead atoms. The van der Waals surface area contributed by atoms with Gasteiger partial charge in [0.2, 0.25) is 0 Å². The molecule has 1 aliphatic rings. The number of allylic oxidation sites excluding steroid dienone is 1. The minimum Gasteiger partial charge on any atom is -0.232 e. The number of thiophene rings is 2. The Morgan fingerprint density at radius 1 is 0.400 bits per heavy atom. The third-order valence-corrected chi connectivity index (χ3v) is 14.5. The third kappa shape index (κ3) is 7.25. The number of aromatic nitrogens is 3. The molecule has 3 aromatic heterocycles. The fraction of sp³-hybridized carbons (Fsp3) is 0.0517. The van der Waals surface area contributed by atoms with Gasteiger partial charge in [-0.25, -0.2) is 24.9 Å². The van der Waals surface area contributed by atoms with Gasteiger partial charge in [-0.15, -0.1) is 22.7 Å². The second-order valence-corrected chi connectivity index (χ2v) is 18.6. The summed E-state index contributed by atoms with van der Waals surface area (Å²) < 4.78 is 4.90. The highest BCUT2D eigenvalue weighted by molar-refractivity contribution is 7.26. The van der Waals surface area contributed by atoms with E-state index in [2.05, 4.69) is 165 Å². The van der Waals surface area contributed by atoms with Gasteiger partial charge in [-0.3, -0.25) is 0 Å². The van der Waals surface area contributed by atoms with Crippen molar-refractivity contribution in [1.82, 2.24) is 15.0 Å². The van der Waals surface area contributed by atoms with Gasteiger partial charge in [-0.2, -0.15) is 0 Å². The van der Waals surface area contributed by atoms with Crippen LogP contribution in [0.5, 0.6) is 0 Å². The molecule has 0 spiro atoms. The largest absolute Gasteiger partial charge is 0.232 e. The van der Waals surface area contributed by atoms with E-state index in [0.29, 0.717) is 17.5 Å². The lowest BCUT2D eigenvalue weighted by Gasteiger charge is -2.18. The van der Waals surface area contributed by atoms with E-state index in [1.807, 2.05) is 53.8 Å². The first-order valence-corrected chi connectivity index (χ1v) is 23.5. The average Bonchev–Trinajstić information content (AvgIpc) is 3.94. The minimum absolute atomic E-state index is 0.192. The number of aliphatic imine (C=N–C) groups is 2. The molecule has 1 atom stereocenters. The SMILES string of the molecule is CC1C/C=C(\c2cccc3sc4ccc(-c5ccc6sc7cccc(-c8nc(-c9ccccc9)nc(-c9ccccc9)n8)c7c6c5)cc4c23)N=C(c2ccccc2)N=C1c1ccccc1. The van der Waals surface area contributed by atoms with E-state index >= 15 is 0 Å². The van der Waals surface area contributed by atoms with Gasteiger partial charge in [0.15, 0.2) is 23.3 Å². The van der Waals surface area contributed by atoms with Crippen molar-refractivity contribution in [3.05, 3.63) is 217 Å². The molecule has 1 unspecified atom stereocenters. The van der Waals surface area contributed by atoms with Gasteiger partial charge in [0.25, 0.3) is 0 Å². The van der Waals surface area contributed by atoms with E-state index in [0.717, 1.165) is 73.6 Å². The van der Waals surface area contributed by atoms with Gasteiger partial charge in [-0.05, 0) is 59.5 Å². The van der Waals surface area contributed by atoms with Crippen molar-refractivity contribution in [1.29, 1.82) is 0 Å². The predicted octanol–water partition coefficient (Wildman–Crippen LogP) is 15.6. The molecule has 308 valence electrons. The van der Waals surface area contributed by atoms with E-state index < -0.39 is 0 Å². The lowest BCUT2D eigenvalue weighted by molar-refractivity contribution is 0.790. The zero-order valence-corrected chi connectivity index (χ0v) is 37.0. The van der Waals surface area contributed by atoms with Gasteiger partial charge >= 0.3 is 0 Å². The van der Waals surface area contributed by atoms with Crippen LogP contribution in [-0.2, 0) is 0 Å². The number of hydrogen-bond donors (Lipinski definition) is 0. The second kappa shape index (κ2) is 16.4. The molecular formula is C58H39N5S2. The van der Waals surface area contributed by atoms with Crippen LogP contribution in [0.25, 0.3) is 91.3 Å². The van der Waals surface area contributed by atoms with Crippen molar-refractivity contribution in [3.63, 3.8) is 0 Å². The summed E-state index contributed by atoms with van der Waals surface area (Å²) in [5, 5.41) is 4.78. The summed E-state index contributed by atoms with van der Waals surface area (Å²) in [5.41, 5.74) is 10.5. The molecule has 0 amide bonds. The zero-order valence-electron chi connectivity index (χ0n) is 35.4. The summed E-state index contributed by atoms with van der Waals surface area (Å²) in [6.45, 7) is 2.27. The van der Waals surface area contributed by atoms with Crippen LogP contribution < -0.4 is 0 Å². The van der Waals surface area contributed by atoms with E-state index in [9.17, 15) is 0 Å². The molecule has 0 radical (unpaired) electrons. The van der Waals surface area contributed by atoms with Crippen molar-refractivity contribution in [3.8, 4) is 45.3 Å². The Morgan fingerprint density at radius 2 is 0.877 bits per heavy atom. The lowest BCUT2D eigenvalue weighted by Crippen LogP contribution is -2.17. The number of rotatable bonds is 7. The van der Waals surface area contributed by atoms with E-state index in [1.54, 1.807) is 11.3 Å². The Morgan fingerprint density at radius 3 is 1.43 bits per heavy atom. The van der Waals surface area contributed by atoms with Gasteiger partial charge in [0.05, 0.1) is 11.4 Å². The zero-order chi connectivity index (χ0) is 43.3. The molecular weight excluding hydrogens is 831 g/mol.